The van der Waals surface area contributed by atoms with Gasteiger partial charge in [0.1, 0.15) is 18.1 Å². The van der Waals surface area contributed by atoms with E-state index >= 15 is 0 Å². The molecule has 2 aromatic heterocycles. The molecule has 0 aliphatic rings. The Labute approximate surface area is 152 Å². The van der Waals surface area contributed by atoms with Gasteiger partial charge in [-0.2, -0.15) is 9.61 Å². The van der Waals surface area contributed by atoms with Crippen molar-refractivity contribution in [3.8, 4) is 22.9 Å². The molecule has 0 bridgehead atoms. The number of fused-ring (bicyclic) bond motifs is 1. The predicted molar refractivity (Wildman–Crippen MR) is 96.4 cm³/mol. The van der Waals surface area contributed by atoms with Gasteiger partial charge in [-0.3, -0.25) is 0 Å². The zero-order valence-electron chi connectivity index (χ0n) is 13.2. The lowest BCUT2D eigenvalue weighted by Crippen LogP contribution is -1.97. The van der Waals surface area contributed by atoms with Crippen LogP contribution in [0.3, 0.4) is 0 Å². The third kappa shape index (κ3) is 3.29. The van der Waals surface area contributed by atoms with Crippen LogP contribution in [0.5, 0.6) is 11.5 Å². The van der Waals surface area contributed by atoms with Gasteiger partial charge in [0, 0.05) is 10.6 Å². The first-order valence-electron chi connectivity index (χ1n) is 7.47. The molecule has 2 heterocycles. The average molecular weight is 373 g/mol. The Bertz CT molecular complexity index is 1010. The number of ether oxygens (including phenoxy) is 2. The summed E-state index contributed by atoms with van der Waals surface area (Å²) in [5.74, 6) is 2.17. The van der Waals surface area contributed by atoms with Crippen molar-refractivity contribution in [1.29, 1.82) is 0 Å². The van der Waals surface area contributed by atoms with Crippen molar-refractivity contribution >= 4 is 27.9 Å². The Balaban J connectivity index is 1.58. The fraction of sp³-hybridized carbons (Fsp3) is 0.118. The highest BCUT2D eigenvalue weighted by Crippen LogP contribution is 2.25. The lowest BCUT2D eigenvalue weighted by molar-refractivity contribution is 0.304. The minimum Gasteiger partial charge on any atom is -0.497 e. The molecule has 0 N–H and O–H groups in total. The van der Waals surface area contributed by atoms with Crippen LogP contribution >= 0.6 is 22.9 Å². The number of aromatic nitrogens is 4. The van der Waals surface area contributed by atoms with Gasteiger partial charge in [0.05, 0.1) is 7.11 Å². The van der Waals surface area contributed by atoms with Gasteiger partial charge < -0.3 is 9.47 Å². The standard InChI is InChI=1S/C17H13ClN4O2S/c1-23-14-4-2-3-11(9-14)16-19-20-17-22(16)21-15(25-17)10-24-13-7-5-12(18)6-8-13/h2-9H,10H2,1H3. The van der Waals surface area contributed by atoms with Crippen LogP contribution < -0.4 is 9.47 Å². The number of halogens is 1. The van der Waals surface area contributed by atoms with Gasteiger partial charge in [-0.15, -0.1) is 10.2 Å². The monoisotopic (exact) mass is 372 g/mol. The maximum absolute atomic E-state index is 5.87. The molecule has 6 nitrogen and oxygen atoms in total. The first kappa shape index (κ1) is 15.9. The van der Waals surface area contributed by atoms with Crippen LogP contribution in [0.1, 0.15) is 5.01 Å². The quantitative estimate of drug-likeness (QED) is 0.528. The van der Waals surface area contributed by atoms with Gasteiger partial charge in [0.15, 0.2) is 10.8 Å². The van der Waals surface area contributed by atoms with Crippen molar-refractivity contribution in [1.82, 2.24) is 19.8 Å². The molecule has 0 spiro atoms. The van der Waals surface area contributed by atoms with E-state index in [9.17, 15) is 0 Å². The minimum atomic E-state index is 0.354. The fourth-order valence-electron chi connectivity index (χ4n) is 2.33. The van der Waals surface area contributed by atoms with Crippen LogP contribution in [0.4, 0.5) is 0 Å². The van der Waals surface area contributed by atoms with E-state index in [1.54, 1.807) is 23.8 Å². The van der Waals surface area contributed by atoms with Gasteiger partial charge in [-0.1, -0.05) is 35.1 Å². The molecule has 0 radical (unpaired) electrons. The van der Waals surface area contributed by atoms with E-state index in [1.165, 1.54) is 11.3 Å². The van der Waals surface area contributed by atoms with Gasteiger partial charge in [0.25, 0.3) is 0 Å². The Morgan fingerprint density at radius 2 is 1.92 bits per heavy atom. The van der Waals surface area contributed by atoms with Gasteiger partial charge in [0.2, 0.25) is 4.96 Å². The van der Waals surface area contributed by atoms with Crippen LogP contribution in [-0.2, 0) is 6.61 Å². The summed E-state index contributed by atoms with van der Waals surface area (Å²) < 4.78 is 12.7. The molecule has 8 heteroatoms. The number of rotatable bonds is 5. The lowest BCUT2D eigenvalue weighted by Gasteiger charge is -2.03. The molecule has 25 heavy (non-hydrogen) atoms. The maximum atomic E-state index is 5.87. The van der Waals surface area contributed by atoms with E-state index < -0.39 is 0 Å². The molecule has 4 aromatic rings. The number of hydrogen-bond acceptors (Lipinski definition) is 6. The number of hydrogen-bond donors (Lipinski definition) is 0. The highest BCUT2D eigenvalue weighted by atomic mass is 35.5. The zero-order valence-corrected chi connectivity index (χ0v) is 14.8. The summed E-state index contributed by atoms with van der Waals surface area (Å²) in [4.78, 5) is 0.715. The molecule has 0 aliphatic heterocycles. The van der Waals surface area contributed by atoms with E-state index in [4.69, 9.17) is 21.1 Å². The van der Waals surface area contributed by atoms with Crippen molar-refractivity contribution < 1.29 is 9.47 Å². The van der Waals surface area contributed by atoms with Crippen molar-refractivity contribution in [2.24, 2.45) is 0 Å². The second kappa shape index (κ2) is 6.70. The topological polar surface area (TPSA) is 61.5 Å². The summed E-state index contributed by atoms with van der Waals surface area (Å²) in [7, 11) is 1.63. The van der Waals surface area contributed by atoms with Gasteiger partial charge >= 0.3 is 0 Å². The average Bonchev–Trinajstić information content (AvgIpc) is 3.21. The minimum absolute atomic E-state index is 0.354. The molecule has 0 atom stereocenters. The summed E-state index contributed by atoms with van der Waals surface area (Å²) in [6.07, 6.45) is 0. The van der Waals surface area contributed by atoms with E-state index in [2.05, 4.69) is 15.3 Å². The van der Waals surface area contributed by atoms with E-state index in [-0.39, 0.29) is 0 Å². The maximum Gasteiger partial charge on any atom is 0.235 e. The molecule has 4 rings (SSSR count). The highest BCUT2D eigenvalue weighted by Gasteiger charge is 2.14. The van der Waals surface area contributed by atoms with Crippen LogP contribution in [0, 0.1) is 0 Å². The molecule has 0 saturated carbocycles. The highest BCUT2D eigenvalue weighted by molar-refractivity contribution is 7.16. The molecule has 0 amide bonds. The normalized spacial score (nSPS) is 11.0. The van der Waals surface area contributed by atoms with Crippen LogP contribution in [0.2, 0.25) is 5.02 Å². The summed E-state index contributed by atoms with van der Waals surface area (Å²) in [5.41, 5.74) is 0.891. The van der Waals surface area contributed by atoms with Gasteiger partial charge in [-0.25, -0.2) is 0 Å². The van der Waals surface area contributed by atoms with Crippen LogP contribution in [0.25, 0.3) is 16.3 Å². The molecule has 0 aliphatic carbocycles. The molecule has 2 aromatic carbocycles. The van der Waals surface area contributed by atoms with Crippen molar-refractivity contribution in [3.05, 3.63) is 58.6 Å². The van der Waals surface area contributed by atoms with Crippen LogP contribution in [-0.4, -0.2) is 26.9 Å². The molecule has 0 unspecified atom stereocenters. The second-order valence-electron chi connectivity index (χ2n) is 5.19. The Morgan fingerprint density at radius 3 is 2.72 bits per heavy atom. The van der Waals surface area contributed by atoms with Crippen molar-refractivity contribution in [3.63, 3.8) is 0 Å². The lowest BCUT2D eigenvalue weighted by atomic mass is 10.2. The van der Waals surface area contributed by atoms with Crippen molar-refractivity contribution in [2.75, 3.05) is 7.11 Å². The first-order valence-corrected chi connectivity index (χ1v) is 8.66. The Morgan fingerprint density at radius 1 is 1.08 bits per heavy atom. The Hall–Kier alpha value is -2.64. The van der Waals surface area contributed by atoms with Gasteiger partial charge in [-0.05, 0) is 36.4 Å². The summed E-state index contributed by atoms with van der Waals surface area (Å²) in [6, 6.07) is 14.9. The fourth-order valence-corrected chi connectivity index (χ4v) is 3.21. The summed E-state index contributed by atoms with van der Waals surface area (Å²) in [5, 5.41) is 14.5. The number of nitrogens with zero attached hydrogens (tertiary/aromatic N) is 4. The third-order valence-electron chi connectivity index (χ3n) is 3.54. The molecule has 0 fully saturated rings. The van der Waals surface area contributed by atoms with Crippen LogP contribution in [0.15, 0.2) is 48.5 Å². The number of methoxy groups -OCH3 is 1. The largest absolute Gasteiger partial charge is 0.497 e. The smallest absolute Gasteiger partial charge is 0.235 e. The Kier molecular flexibility index (Phi) is 4.25. The van der Waals surface area contributed by atoms with E-state index in [1.807, 2.05) is 36.4 Å². The zero-order chi connectivity index (χ0) is 17.2. The van der Waals surface area contributed by atoms with E-state index in [0.717, 1.165) is 22.1 Å². The summed E-state index contributed by atoms with van der Waals surface area (Å²) >= 11 is 7.31. The molecule has 126 valence electrons. The third-order valence-corrected chi connectivity index (χ3v) is 4.66. The molecular formula is C17H13ClN4O2S. The molecular weight excluding hydrogens is 360 g/mol. The predicted octanol–water partition coefficient (Wildman–Crippen LogP) is 4.09. The second-order valence-corrected chi connectivity index (χ2v) is 6.67. The van der Waals surface area contributed by atoms with E-state index in [0.29, 0.717) is 22.4 Å². The number of benzene rings is 2. The summed E-state index contributed by atoms with van der Waals surface area (Å²) in [6.45, 7) is 0.354. The molecule has 0 saturated heterocycles. The van der Waals surface area contributed by atoms with Crippen molar-refractivity contribution in [2.45, 2.75) is 6.61 Å². The first-order chi connectivity index (χ1) is 12.2. The SMILES string of the molecule is COc1cccc(-c2nnc3sc(COc4ccc(Cl)cc4)nn23)c1.